The molecule has 0 radical (unpaired) electrons. The third-order valence-electron chi connectivity index (χ3n) is 3.49. The highest BCUT2D eigenvalue weighted by atomic mass is 32.2. The molecule has 1 aliphatic heterocycles. The smallest absolute Gasteiger partial charge is 0.239 e. The van der Waals surface area contributed by atoms with Crippen LogP contribution in [0.5, 0.6) is 0 Å². The molecule has 0 aliphatic carbocycles. The highest BCUT2D eigenvalue weighted by Gasteiger charge is 2.27. The van der Waals surface area contributed by atoms with E-state index in [1.165, 1.54) is 0 Å². The zero-order valence-corrected chi connectivity index (χ0v) is 13.5. The van der Waals surface area contributed by atoms with Gasteiger partial charge < -0.3 is 0 Å². The largest absolute Gasteiger partial charge is 0.268 e. The van der Waals surface area contributed by atoms with Crippen LogP contribution in [0.4, 0.5) is 5.69 Å². The maximum absolute atomic E-state index is 12.7. The van der Waals surface area contributed by atoms with Crippen molar-refractivity contribution in [1.82, 2.24) is 0 Å². The van der Waals surface area contributed by atoms with Crippen molar-refractivity contribution < 1.29 is 8.42 Å². The number of nitrogens with zero attached hydrogens (tertiary/aromatic N) is 1. The number of para-hydroxylation sites is 1. The summed E-state index contributed by atoms with van der Waals surface area (Å²) in [5, 5.41) is 0. The van der Waals surface area contributed by atoms with E-state index in [9.17, 15) is 8.42 Å². The summed E-state index contributed by atoms with van der Waals surface area (Å²) in [6.45, 7) is 2.53. The Morgan fingerprint density at radius 1 is 1.10 bits per heavy atom. The van der Waals surface area contributed by atoms with Crippen LogP contribution >= 0.6 is 11.8 Å². The first-order valence-corrected chi connectivity index (χ1v) is 9.43. The van der Waals surface area contributed by atoms with Gasteiger partial charge in [0.25, 0.3) is 0 Å². The SMILES string of the molecule is Cc1ccc(CS(=O)(=O)N2CCSc3ccccc32)cc1. The lowest BCUT2D eigenvalue weighted by Gasteiger charge is -2.30. The Labute approximate surface area is 130 Å². The van der Waals surface area contributed by atoms with Crippen LogP contribution in [0, 0.1) is 6.92 Å². The molecule has 110 valence electrons. The Kier molecular flexibility index (Phi) is 3.95. The van der Waals surface area contributed by atoms with Crippen molar-refractivity contribution in [2.75, 3.05) is 16.6 Å². The van der Waals surface area contributed by atoms with E-state index in [1.807, 2.05) is 55.5 Å². The van der Waals surface area contributed by atoms with Crippen LogP contribution in [0.25, 0.3) is 0 Å². The normalized spacial score (nSPS) is 14.8. The maximum atomic E-state index is 12.7. The van der Waals surface area contributed by atoms with Gasteiger partial charge in [0.1, 0.15) is 0 Å². The molecule has 3 nitrogen and oxygen atoms in total. The monoisotopic (exact) mass is 319 g/mol. The van der Waals surface area contributed by atoms with Crippen LogP contribution in [0.1, 0.15) is 11.1 Å². The van der Waals surface area contributed by atoms with Gasteiger partial charge in [0.2, 0.25) is 10.0 Å². The fourth-order valence-electron chi connectivity index (χ4n) is 2.41. The van der Waals surface area contributed by atoms with Crippen molar-refractivity contribution in [3.05, 3.63) is 59.7 Å². The van der Waals surface area contributed by atoms with E-state index in [1.54, 1.807) is 16.1 Å². The summed E-state index contributed by atoms with van der Waals surface area (Å²) in [4.78, 5) is 1.04. The van der Waals surface area contributed by atoms with E-state index >= 15 is 0 Å². The van der Waals surface area contributed by atoms with Gasteiger partial charge >= 0.3 is 0 Å². The van der Waals surface area contributed by atoms with E-state index in [0.29, 0.717) is 6.54 Å². The fraction of sp³-hybridized carbons (Fsp3) is 0.250. The molecule has 0 N–H and O–H groups in total. The van der Waals surface area contributed by atoms with Crippen LogP contribution in [-0.4, -0.2) is 20.7 Å². The molecule has 0 spiro atoms. The Balaban J connectivity index is 1.91. The van der Waals surface area contributed by atoms with E-state index in [4.69, 9.17) is 0 Å². The fourth-order valence-corrected chi connectivity index (χ4v) is 5.17. The Hall–Kier alpha value is -1.46. The molecule has 21 heavy (non-hydrogen) atoms. The second kappa shape index (κ2) is 5.73. The number of hydrogen-bond acceptors (Lipinski definition) is 3. The molecule has 3 rings (SSSR count). The first-order valence-electron chi connectivity index (χ1n) is 6.84. The lowest BCUT2D eigenvalue weighted by molar-refractivity contribution is 0.590. The molecule has 0 bridgehead atoms. The molecular weight excluding hydrogens is 302 g/mol. The molecule has 1 aliphatic rings. The molecule has 1 heterocycles. The standard InChI is InChI=1S/C16H17NO2S2/c1-13-6-8-14(9-7-13)12-21(18,19)17-10-11-20-16-5-3-2-4-15(16)17/h2-9H,10-12H2,1H3. The maximum Gasteiger partial charge on any atom is 0.239 e. The van der Waals surface area contributed by atoms with Crippen LogP contribution in [-0.2, 0) is 15.8 Å². The van der Waals surface area contributed by atoms with Crippen molar-refractivity contribution in [1.29, 1.82) is 0 Å². The Morgan fingerprint density at radius 3 is 2.57 bits per heavy atom. The number of fused-ring (bicyclic) bond motifs is 1. The number of thioether (sulfide) groups is 1. The highest BCUT2D eigenvalue weighted by Crippen LogP contribution is 2.36. The molecule has 5 heteroatoms. The third-order valence-corrected chi connectivity index (χ3v) is 6.28. The quantitative estimate of drug-likeness (QED) is 0.870. The molecule has 0 amide bonds. The zero-order valence-electron chi connectivity index (χ0n) is 11.8. The van der Waals surface area contributed by atoms with Crippen LogP contribution in [0.2, 0.25) is 0 Å². The topological polar surface area (TPSA) is 37.4 Å². The number of aryl methyl sites for hydroxylation is 1. The summed E-state index contributed by atoms with van der Waals surface area (Å²) in [5.74, 6) is 0.844. The lowest BCUT2D eigenvalue weighted by atomic mass is 10.2. The second-order valence-electron chi connectivity index (χ2n) is 5.13. The van der Waals surface area contributed by atoms with Gasteiger partial charge in [-0.15, -0.1) is 11.8 Å². The summed E-state index contributed by atoms with van der Waals surface area (Å²) in [7, 11) is -3.34. The summed E-state index contributed by atoms with van der Waals surface area (Å²) >= 11 is 1.71. The minimum Gasteiger partial charge on any atom is -0.268 e. The first kappa shape index (κ1) is 14.5. The van der Waals surface area contributed by atoms with Crippen LogP contribution in [0.3, 0.4) is 0 Å². The molecule has 0 aromatic heterocycles. The predicted molar refractivity (Wildman–Crippen MR) is 88.3 cm³/mol. The third kappa shape index (κ3) is 3.09. The summed E-state index contributed by atoms with van der Waals surface area (Å²) in [6.07, 6.45) is 0. The number of anilines is 1. The summed E-state index contributed by atoms with van der Waals surface area (Å²) < 4.78 is 27.0. The van der Waals surface area contributed by atoms with Gasteiger partial charge in [-0.05, 0) is 24.6 Å². The van der Waals surface area contributed by atoms with Crippen molar-refractivity contribution in [3.63, 3.8) is 0 Å². The number of benzene rings is 2. The van der Waals surface area contributed by atoms with Crippen LogP contribution < -0.4 is 4.31 Å². The van der Waals surface area contributed by atoms with Gasteiger partial charge in [-0.3, -0.25) is 4.31 Å². The van der Waals surface area contributed by atoms with Gasteiger partial charge in [-0.25, -0.2) is 8.42 Å². The van der Waals surface area contributed by atoms with E-state index in [0.717, 1.165) is 27.5 Å². The summed E-state index contributed by atoms with van der Waals surface area (Å²) in [5.41, 5.74) is 2.77. The number of hydrogen-bond donors (Lipinski definition) is 0. The van der Waals surface area contributed by atoms with Gasteiger partial charge in [-0.2, -0.15) is 0 Å². The highest BCUT2D eigenvalue weighted by molar-refractivity contribution is 8.00. The molecule has 0 saturated carbocycles. The first-order chi connectivity index (χ1) is 10.1. The second-order valence-corrected chi connectivity index (χ2v) is 8.16. The molecule has 0 fully saturated rings. The number of rotatable bonds is 3. The summed E-state index contributed by atoms with van der Waals surface area (Å²) in [6, 6.07) is 15.4. The van der Waals surface area contributed by atoms with Gasteiger partial charge in [0, 0.05) is 17.2 Å². The lowest BCUT2D eigenvalue weighted by Crippen LogP contribution is -2.36. The Bertz CT molecular complexity index is 739. The predicted octanol–water partition coefficient (Wildman–Crippen LogP) is 3.44. The van der Waals surface area contributed by atoms with Gasteiger partial charge in [-0.1, -0.05) is 42.0 Å². The molecule has 0 unspecified atom stereocenters. The van der Waals surface area contributed by atoms with Crippen molar-refractivity contribution in [3.8, 4) is 0 Å². The average molecular weight is 319 g/mol. The van der Waals surface area contributed by atoms with E-state index in [-0.39, 0.29) is 5.75 Å². The van der Waals surface area contributed by atoms with E-state index in [2.05, 4.69) is 0 Å². The van der Waals surface area contributed by atoms with Crippen molar-refractivity contribution >= 4 is 27.5 Å². The van der Waals surface area contributed by atoms with Crippen molar-refractivity contribution in [2.24, 2.45) is 0 Å². The average Bonchev–Trinajstić information content (AvgIpc) is 2.49. The molecule has 0 atom stereocenters. The number of sulfonamides is 1. The van der Waals surface area contributed by atoms with Gasteiger partial charge in [0.15, 0.2) is 0 Å². The molecular formula is C16H17NO2S2. The molecule has 2 aromatic carbocycles. The van der Waals surface area contributed by atoms with E-state index < -0.39 is 10.0 Å². The van der Waals surface area contributed by atoms with Crippen LogP contribution in [0.15, 0.2) is 53.4 Å². The minimum absolute atomic E-state index is 0.0479. The molecule has 0 saturated heterocycles. The van der Waals surface area contributed by atoms with Gasteiger partial charge in [0.05, 0.1) is 11.4 Å². The molecule has 2 aromatic rings. The minimum atomic E-state index is -3.34. The zero-order chi connectivity index (χ0) is 14.9. The van der Waals surface area contributed by atoms with Crippen molar-refractivity contribution in [2.45, 2.75) is 17.6 Å². The Morgan fingerprint density at radius 2 is 1.81 bits per heavy atom.